The van der Waals surface area contributed by atoms with Gasteiger partial charge in [-0.05, 0) is 49.8 Å². The van der Waals surface area contributed by atoms with Crippen LogP contribution >= 0.6 is 0 Å². The number of rotatable bonds is 11. The molecular formula is C26H36N4O7. The largest absolute Gasteiger partial charge is 0.508 e. The number of aliphatic carboxylic acids is 1. The molecule has 2 aliphatic heterocycles. The molecule has 0 aliphatic carbocycles. The number of carboxylic acid groups (broad SMARTS) is 1. The van der Waals surface area contributed by atoms with Crippen LogP contribution in [0.1, 0.15) is 57.4 Å². The number of nitrogens with one attached hydrogen (secondary N) is 2. The molecule has 3 atom stereocenters. The van der Waals surface area contributed by atoms with Crippen molar-refractivity contribution in [1.29, 1.82) is 0 Å². The van der Waals surface area contributed by atoms with Crippen molar-refractivity contribution in [2.24, 2.45) is 0 Å². The molecule has 4 N–H and O–H groups in total. The van der Waals surface area contributed by atoms with Gasteiger partial charge in [0, 0.05) is 25.9 Å². The van der Waals surface area contributed by atoms with Gasteiger partial charge in [-0.15, -0.1) is 0 Å². The van der Waals surface area contributed by atoms with Crippen molar-refractivity contribution >= 4 is 29.6 Å². The molecule has 4 amide bonds. The number of aromatic hydroxyl groups is 1. The van der Waals surface area contributed by atoms with Crippen LogP contribution < -0.4 is 10.6 Å². The van der Waals surface area contributed by atoms with Gasteiger partial charge in [0.2, 0.25) is 23.6 Å². The van der Waals surface area contributed by atoms with Gasteiger partial charge < -0.3 is 30.6 Å². The van der Waals surface area contributed by atoms with Crippen LogP contribution in [0, 0.1) is 0 Å². The lowest BCUT2D eigenvalue weighted by atomic mass is 10.1. The number of carboxylic acids is 1. The molecule has 37 heavy (non-hydrogen) atoms. The summed E-state index contributed by atoms with van der Waals surface area (Å²) in [5, 5.41) is 23.8. The highest BCUT2D eigenvalue weighted by Crippen LogP contribution is 2.25. The summed E-state index contributed by atoms with van der Waals surface area (Å²) in [5.41, 5.74) is 0.615. The molecule has 2 fully saturated rings. The summed E-state index contributed by atoms with van der Waals surface area (Å²) in [6.45, 7) is 2.52. The molecule has 202 valence electrons. The average Bonchev–Trinajstić information content (AvgIpc) is 3.56. The number of nitrogens with zero attached hydrogens (tertiary/aromatic N) is 2. The average molecular weight is 517 g/mol. The first-order valence-corrected chi connectivity index (χ1v) is 12.9. The van der Waals surface area contributed by atoms with Crippen LogP contribution in [0.15, 0.2) is 24.3 Å². The molecule has 2 aliphatic rings. The fourth-order valence-corrected chi connectivity index (χ4v) is 4.89. The molecule has 2 saturated heterocycles. The summed E-state index contributed by atoms with van der Waals surface area (Å²) in [7, 11) is 0. The predicted molar refractivity (Wildman–Crippen MR) is 133 cm³/mol. The molecule has 11 nitrogen and oxygen atoms in total. The van der Waals surface area contributed by atoms with Gasteiger partial charge in [0.15, 0.2) is 0 Å². The van der Waals surface area contributed by atoms with Gasteiger partial charge >= 0.3 is 5.97 Å². The number of hydrogen-bond donors (Lipinski definition) is 4. The van der Waals surface area contributed by atoms with Crippen molar-refractivity contribution in [3.8, 4) is 5.75 Å². The van der Waals surface area contributed by atoms with E-state index in [1.807, 2.05) is 6.92 Å². The van der Waals surface area contributed by atoms with Gasteiger partial charge in [-0.2, -0.15) is 0 Å². The predicted octanol–water partition coefficient (Wildman–Crippen LogP) is 0.793. The quantitative estimate of drug-likeness (QED) is 0.339. The maximum absolute atomic E-state index is 13.3. The van der Waals surface area contributed by atoms with Crippen LogP contribution in [0.3, 0.4) is 0 Å². The molecule has 0 bridgehead atoms. The van der Waals surface area contributed by atoms with Gasteiger partial charge in [0.25, 0.3) is 0 Å². The summed E-state index contributed by atoms with van der Waals surface area (Å²) < 4.78 is 0. The van der Waals surface area contributed by atoms with Crippen molar-refractivity contribution < 1.29 is 34.2 Å². The molecule has 0 unspecified atom stereocenters. The number of carbonyl (C=O) groups is 5. The smallest absolute Gasteiger partial charge is 0.326 e. The molecule has 2 heterocycles. The number of benzene rings is 1. The first-order valence-electron chi connectivity index (χ1n) is 12.9. The lowest BCUT2D eigenvalue weighted by Crippen LogP contribution is -2.54. The van der Waals surface area contributed by atoms with Crippen LogP contribution in [-0.2, 0) is 30.4 Å². The number of hydrogen-bond acceptors (Lipinski definition) is 6. The Labute approximate surface area is 216 Å². The number of unbranched alkanes of at least 4 members (excludes halogenated alkanes) is 1. The van der Waals surface area contributed by atoms with Crippen LogP contribution in [0.4, 0.5) is 0 Å². The number of carbonyl (C=O) groups excluding carboxylic acids is 4. The van der Waals surface area contributed by atoms with Crippen LogP contribution in [0.5, 0.6) is 5.75 Å². The SMILES string of the molecule is CCCCC(=O)N1CCC[C@H]1C(=O)N1CCC[C@H]1C(=O)NCC(=O)N[C@@H](Cc1ccc(O)cc1)C(=O)O. The first kappa shape index (κ1) is 27.9. The van der Waals surface area contributed by atoms with Crippen molar-refractivity contribution in [3.63, 3.8) is 0 Å². The van der Waals surface area contributed by atoms with E-state index in [0.717, 1.165) is 19.3 Å². The number of amides is 4. The van der Waals surface area contributed by atoms with E-state index < -0.39 is 42.5 Å². The highest BCUT2D eigenvalue weighted by atomic mass is 16.4. The van der Waals surface area contributed by atoms with Crippen LogP contribution in [0.2, 0.25) is 0 Å². The number of phenols is 1. The second kappa shape index (κ2) is 13.1. The summed E-state index contributed by atoms with van der Waals surface area (Å²) in [4.78, 5) is 65.9. The Morgan fingerprint density at radius 3 is 2.30 bits per heavy atom. The molecule has 0 radical (unpaired) electrons. The Balaban J connectivity index is 1.53. The Kier molecular flexibility index (Phi) is 9.87. The molecule has 0 aromatic heterocycles. The topological polar surface area (TPSA) is 156 Å². The zero-order chi connectivity index (χ0) is 26.9. The summed E-state index contributed by atoms with van der Waals surface area (Å²) in [6.07, 6.45) is 4.48. The van der Waals surface area contributed by atoms with Crippen molar-refractivity contribution in [2.45, 2.75) is 76.4 Å². The van der Waals surface area contributed by atoms with Gasteiger partial charge in [-0.1, -0.05) is 25.5 Å². The normalized spacial score (nSPS) is 19.9. The molecule has 3 rings (SSSR count). The second-order valence-corrected chi connectivity index (χ2v) is 9.59. The molecule has 11 heteroatoms. The van der Waals surface area contributed by atoms with Gasteiger partial charge in [0.05, 0.1) is 6.54 Å². The van der Waals surface area contributed by atoms with Crippen molar-refractivity contribution in [1.82, 2.24) is 20.4 Å². The van der Waals surface area contributed by atoms with Gasteiger partial charge in [-0.3, -0.25) is 19.2 Å². The van der Waals surface area contributed by atoms with E-state index in [1.54, 1.807) is 17.0 Å². The first-order chi connectivity index (χ1) is 17.7. The summed E-state index contributed by atoms with van der Waals surface area (Å²) in [5.74, 6) is -2.59. The van der Waals surface area contributed by atoms with E-state index in [1.165, 1.54) is 17.0 Å². The van der Waals surface area contributed by atoms with E-state index in [4.69, 9.17) is 0 Å². The summed E-state index contributed by atoms with van der Waals surface area (Å²) >= 11 is 0. The van der Waals surface area contributed by atoms with E-state index in [9.17, 15) is 34.2 Å². The zero-order valence-corrected chi connectivity index (χ0v) is 21.1. The molecular weight excluding hydrogens is 480 g/mol. The third-order valence-corrected chi connectivity index (χ3v) is 6.87. The molecule has 1 aromatic rings. The minimum atomic E-state index is -1.23. The summed E-state index contributed by atoms with van der Waals surface area (Å²) in [6, 6.07) is 3.48. The minimum Gasteiger partial charge on any atom is -0.508 e. The Hall–Kier alpha value is -3.63. The highest BCUT2D eigenvalue weighted by Gasteiger charge is 2.41. The fourth-order valence-electron chi connectivity index (χ4n) is 4.89. The van der Waals surface area contributed by atoms with Crippen LogP contribution in [-0.4, -0.2) is 87.4 Å². The molecule has 0 spiro atoms. The Morgan fingerprint density at radius 1 is 1.00 bits per heavy atom. The van der Waals surface area contributed by atoms with E-state index in [0.29, 0.717) is 44.3 Å². The Morgan fingerprint density at radius 2 is 1.65 bits per heavy atom. The van der Waals surface area contributed by atoms with Gasteiger partial charge in [0.1, 0.15) is 23.9 Å². The Bertz CT molecular complexity index is 997. The van der Waals surface area contributed by atoms with E-state index in [2.05, 4.69) is 10.6 Å². The maximum atomic E-state index is 13.3. The molecule has 0 saturated carbocycles. The fraction of sp³-hybridized carbons (Fsp3) is 0.577. The number of likely N-dealkylation sites (tertiary alicyclic amines) is 2. The second-order valence-electron chi connectivity index (χ2n) is 9.59. The lowest BCUT2D eigenvalue weighted by molar-refractivity contribution is -0.146. The van der Waals surface area contributed by atoms with E-state index >= 15 is 0 Å². The van der Waals surface area contributed by atoms with E-state index in [-0.39, 0.29) is 24.0 Å². The minimum absolute atomic E-state index is 0.00900. The molecule has 1 aromatic carbocycles. The maximum Gasteiger partial charge on any atom is 0.326 e. The van der Waals surface area contributed by atoms with Crippen LogP contribution in [0.25, 0.3) is 0 Å². The highest BCUT2D eigenvalue weighted by molar-refractivity contribution is 5.94. The standard InChI is InChI=1S/C26H36N4O7/c1-2-3-8-23(33)29-13-5-7-21(29)25(35)30-14-4-6-20(30)24(34)27-16-22(32)28-19(26(36)37)15-17-9-11-18(31)12-10-17/h9-12,19-21,31H,2-8,13-16H2,1H3,(H,27,34)(H,28,32)(H,36,37)/t19-,20-,21-/m0/s1. The van der Waals surface area contributed by atoms with Gasteiger partial charge in [-0.25, -0.2) is 4.79 Å². The number of phenolic OH excluding ortho intramolecular Hbond substituents is 1. The third-order valence-electron chi connectivity index (χ3n) is 6.87. The van der Waals surface area contributed by atoms with Crippen molar-refractivity contribution in [3.05, 3.63) is 29.8 Å². The lowest BCUT2D eigenvalue weighted by Gasteiger charge is -2.31. The van der Waals surface area contributed by atoms with Crippen molar-refractivity contribution in [2.75, 3.05) is 19.6 Å². The monoisotopic (exact) mass is 516 g/mol. The third kappa shape index (κ3) is 7.43. The zero-order valence-electron chi connectivity index (χ0n) is 21.1.